The summed E-state index contributed by atoms with van der Waals surface area (Å²) in [7, 11) is 0. The zero-order chi connectivity index (χ0) is 14.1. The van der Waals surface area contributed by atoms with Crippen LogP contribution in [0.3, 0.4) is 0 Å². The molecule has 0 radical (unpaired) electrons. The van der Waals surface area contributed by atoms with E-state index in [2.05, 4.69) is 4.98 Å². The van der Waals surface area contributed by atoms with E-state index < -0.39 is 17.0 Å². The summed E-state index contributed by atoms with van der Waals surface area (Å²) in [5, 5.41) is -0.502. The number of amides is 2. The Labute approximate surface area is 118 Å². The number of nitrogens with zero attached hydrogens (tertiary/aromatic N) is 1. The Balaban J connectivity index is 1.98. The molecule has 1 fully saturated rings. The maximum absolute atomic E-state index is 13.7. The average molecular weight is 288 g/mol. The number of aromatic nitrogens is 1. The number of imide groups is 1. The van der Waals surface area contributed by atoms with Gasteiger partial charge in [0.1, 0.15) is 5.82 Å². The number of carbonyl (C=O) groups excluding carboxylic acids is 2. The molecule has 0 bridgehead atoms. The molecule has 1 aromatic heterocycles. The highest BCUT2D eigenvalue weighted by molar-refractivity contribution is 8.19. The summed E-state index contributed by atoms with van der Waals surface area (Å²) >= 11 is 0.795. The SMILES string of the molecule is O=C1S/C(=C/c2ccc[nH]2)C(=O)N1c1ccccc1F. The molecule has 0 spiro atoms. The molecule has 1 aromatic carbocycles. The van der Waals surface area contributed by atoms with Crippen LogP contribution in [0.2, 0.25) is 0 Å². The highest BCUT2D eigenvalue weighted by atomic mass is 32.2. The zero-order valence-electron chi connectivity index (χ0n) is 10.2. The van der Waals surface area contributed by atoms with Crippen molar-refractivity contribution in [2.24, 2.45) is 0 Å². The van der Waals surface area contributed by atoms with E-state index >= 15 is 0 Å². The van der Waals surface area contributed by atoms with Gasteiger partial charge >= 0.3 is 0 Å². The largest absolute Gasteiger partial charge is 0.362 e. The maximum Gasteiger partial charge on any atom is 0.298 e. The lowest BCUT2D eigenvalue weighted by molar-refractivity contribution is -0.113. The molecule has 6 heteroatoms. The lowest BCUT2D eigenvalue weighted by Gasteiger charge is -2.12. The normalized spacial score (nSPS) is 17.2. The number of carbonyl (C=O) groups is 2. The van der Waals surface area contributed by atoms with Crippen molar-refractivity contribution >= 4 is 34.7 Å². The van der Waals surface area contributed by atoms with Crippen LogP contribution in [0.25, 0.3) is 6.08 Å². The van der Waals surface area contributed by atoms with E-state index in [9.17, 15) is 14.0 Å². The molecule has 2 amide bonds. The number of hydrogen-bond donors (Lipinski definition) is 1. The first-order valence-corrected chi connectivity index (χ1v) is 6.64. The molecule has 20 heavy (non-hydrogen) atoms. The number of thioether (sulfide) groups is 1. The van der Waals surface area contributed by atoms with Crippen molar-refractivity contribution in [3.63, 3.8) is 0 Å². The Kier molecular flexibility index (Phi) is 3.15. The van der Waals surface area contributed by atoms with E-state index in [1.165, 1.54) is 18.2 Å². The van der Waals surface area contributed by atoms with Gasteiger partial charge in [-0.1, -0.05) is 12.1 Å². The Hall–Kier alpha value is -2.34. The van der Waals surface area contributed by atoms with E-state index in [1.807, 2.05) is 0 Å². The van der Waals surface area contributed by atoms with E-state index in [4.69, 9.17) is 0 Å². The molecule has 0 atom stereocenters. The van der Waals surface area contributed by atoms with Gasteiger partial charge in [-0.2, -0.15) is 0 Å². The molecular weight excluding hydrogens is 279 g/mol. The number of anilines is 1. The van der Waals surface area contributed by atoms with Gasteiger partial charge in [-0.3, -0.25) is 9.59 Å². The van der Waals surface area contributed by atoms with Crippen molar-refractivity contribution in [1.29, 1.82) is 0 Å². The second-order valence-electron chi connectivity index (χ2n) is 4.09. The number of aromatic amines is 1. The van der Waals surface area contributed by atoms with Crippen LogP contribution in [0.4, 0.5) is 14.9 Å². The minimum Gasteiger partial charge on any atom is -0.362 e. The fraction of sp³-hybridized carbons (Fsp3) is 0. The lowest BCUT2D eigenvalue weighted by atomic mass is 10.2. The standard InChI is InChI=1S/C14H9FN2O2S/c15-10-5-1-2-6-11(10)17-13(18)12(20-14(17)19)8-9-4-3-7-16-9/h1-8,16H/b12-8+. The monoisotopic (exact) mass is 288 g/mol. The summed E-state index contributed by atoms with van der Waals surface area (Å²) in [6, 6.07) is 9.27. The molecule has 4 nitrogen and oxygen atoms in total. The van der Waals surface area contributed by atoms with Crippen molar-refractivity contribution in [3.05, 3.63) is 59.0 Å². The van der Waals surface area contributed by atoms with Crippen LogP contribution >= 0.6 is 11.8 Å². The smallest absolute Gasteiger partial charge is 0.298 e. The third-order valence-corrected chi connectivity index (χ3v) is 3.67. The van der Waals surface area contributed by atoms with Gasteiger partial charge in [0.15, 0.2) is 0 Å². The molecule has 3 rings (SSSR count). The van der Waals surface area contributed by atoms with Crippen LogP contribution in [0.5, 0.6) is 0 Å². The summed E-state index contributed by atoms with van der Waals surface area (Å²) in [5.41, 5.74) is 0.689. The molecule has 0 aliphatic carbocycles. The van der Waals surface area contributed by atoms with Gasteiger partial charge < -0.3 is 4.98 Å². The third kappa shape index (κ3) is 2.14. The van der Waals surface area contributed by atoms with Crippen LogP contribution < -0.4 is 4.90 Å². The summed E-state index contributed by atoms with van der Waals surface area (Å²) in [4.78, 5) is 28.2. The molecule has 1 aliphatic rings. The molecule has 0 saturated carbocycles. The summed E-state index contributed by atoms with van der Waals surface area (Å²) in [6.07, 6.45) is 3.29. The Morgan fingerprint density at radius 1 is 1.15 bits per heavy atom. The first-order chi connectivity index (χ1) is 9.66. The fourth-order valence-electron chi connectivity index (χ4n) is 1.88. The van der Waals surface area contributed by atoms with Gasteiger partial charge in [0.05, 0.1) is 10.6 Å². The minimum absolute atomic E-state index is 0.0233. The minimum atomic E-state index is -0.601. The Bertz CT molecular complexity index is 710. The number of H-pyrrole nitrogens is 1. The van der Waals surface area contributed by atoms with E-state index in [0.717, 1.165) is 16.7 Å². The first-order valence-electron chi connectivity index (χ1n) is 5.83. The van der Waals surface area contributed by atoms with Gasteiger partial charge in [0.25, 0.3) is 11.1 Å². The number of halogens is 1. The topological polar surface area (TPSA) is 53.2 Å². The number of rotatable bonds is 2. The predicted molar refractivity (Wildman–Crippen MR) is 75.6 cm³/mol. The highest BCUT2D eigenvalue weighted by Gasteiger charge is 2.37. The summed E-state index contributed by atoms with van der Waals surface area (Å²) in [5.74, 6) is -1.12. The molecule has 1 N–H and O–H groups in total. The lowest BCUT2D eigenvalue weighted by Crippen LogP contribution is -2.28. The van der Waals surface area contributed by atoms with Gasteiger partial charge in [-0.15, -0.1) is 0 Å². The number of nitrogens with one attached hydrogen (secondary N) is 1. The van der Waals surface area contributed by atoms with Crippen molar-refractivity contribution in [2.45, 2.75) is 0 Å². The van der Waals surface area contributed by atoms with Crippen molar-refractivity contribution in [3.8, 4) is 0 Å². The second-order valence-corrected chi connectivity index (χ2v) is 5.09. The molecule has 0 unspecified atom stereocenters. The molecule has 1 saturated heterocycles. The molecular formula is C14H9FN2O2S. The fourth-order valence-corrected chi connectivity index (χ4v) is 2.71. The summed E-state index contributed by atoms with van der Waals surface area (Å²) in [6.45, 7) is 0. The third-order valence-electron chi connectivity index (χ3n) is 2.80. The van der Waals surface area contributed by atoms with Crippen molar-refractivity contribution in [1.82, 2.24) is 4.98 Å². The average Bonchev–Trinajstić information content (AvgIpc) is 3.01. The number of benzene rings is 1. The van der Waals surface area contributed by atoms with Crippen LogP contribution in [-0.4, -0.2) is 16.1 Å². The van der Waals surface area contributed by atoms with E-state index in [-0.39, 0.29) is 10.6 Å². The van der Waals surface area contributed by atoms with Gasteiger partial charge in [0, 0.05) is 11.9 Å². The molecule has 1 aliphatic heterocycles. The zero-order valence-corrected chi connectivity index (χ0v) is 11.0. The van der Waals surface area contributed by atoms with Gasteiger partial charge in [0.2, 0.25) is 0 Å². The van der Waals surface area contributed by atoms with Crippen molar-refractivity contribution < 1.29 is 14.0 Å². The van der Waals surface area contributed by atoms with Crippen LogP contribution in [0, 0.1) is 5.82 Å². The Morgan fingerprint density at radius 2 is 1.95 bits per heavy atom. The van der Waals surface area contributed by atoms with E-state index in [1.54, 1.807) is 30.5 Å². The van der Waals surface area contributed by atoms with Crippen molar-refractivity contribution in [2.75, 3.05) is 4.90 Å². The predicted octanol–water partition coefficient (Wildman–Crippen LogP) is 3.39. The van der Waals surface area contributed by atoms with Crippen LogP contribution in [0.1, 0.15) is 5.69 Å². The maximum atomic E-state index is 13.7. The van der Waals surface area contributed by atoms with Crippen LogP contribution in [0.15, 0.2) is 47.5 Å². The molecule has 2 heterocycles. The molecule has 100 valence electrons. The molecule has 2 aromatic rings. The number of hydrogen-bond acceptors (Lipinski definition) is 3. The second kappa shape index (κ2) is 4.97. The van der Waals surface area contributed by atoms with E-state index in [0.29, 0.717) is 5.69 Å². The highest BCUT2D eigenvalue weighted by Crippen LogP contribution is 2.36. The quantitative estimate of drug-likeness (QED) is 0.862. The van der Waals surface area contributed by atoms with Gasteiger partial charge in [-0.05, 0) is 42.1 Å². The van der Waals surface area contributed by atoms with Crippen LogP contribution in [-0.2, 0) is 4.79 Å². The van der Waals surface area contributed by atoms with Gasteiger partial charge in [-0.25, -0.2) is 9.29 Å². The summed E-state index contributed by atoms with van der Waals surface area (Å²) < 4.78 is 13.7. The number of para-hydroxylation sites is 1. The Morgan fingerprint density at radius 3 is 2.65 bits per heavy atom. The first kappa shape index (κ1) is 12.7.